The van der Waals surface area contributed by atoms with Crippen molar-refractivity contribution in [1.29, 1.82) is 0 Å². The van der Waals surface area contributed by atoms with Crippen molar-refractivity contribution in [2.24, 2.45) is 0 Å². The summed E-state index contributed by atoms with van der Waals surface area (Å²) in [6.45, 7) is 3.59. The highest BCUT2D eigenvalue weighted by molar-refractivity contribution is 6.04. The van der Waals surface area contributed by atoms with Gasteiger partial charge in [-0.25, -0.2) is 4.98 Å². The lowest BCUT2D eigenvalue weighted by Gasteiger charge is -2.00. The molecule has 2 rings (SSSR count). The summed E-state index contributed by atoms with van der Waals surface area (Å²) >= 11 is 0. The first kappa shape index (κ1) is 8.94. The minimum atomic E-state index is 0.0158. The molecule has 0 aliphatic heterocycles. The zero-order valence-corrected chi connectivity index (χ0v) is 8.20. The van der Waals surface area contributed by atoms with E-state index >= 15 is 0 Å². The SMILES string of the molecule is CCc1cc(C(C)=O)c2ocnc2c1. The highest BCUT2D eigenvalue weighted by Gasteiger charge is 2.10. The van der Waals surface area contributed by atoms with Crippen LogP contribution >= 0.6 is 0 Å². The summed E-state index contributed by atoms with van der Waals surface area (Å²) in [6.07, 6.45) is 2.26. The Bertz CT molecular complexity index is 485. The number of nitrogens with zero attached hydrogens (tertiary/aromatic N) is 1. The van der Waals surface area contributed by atoms with Crippen LogP contribution in [0.25, 0.3) is 11.1 Å². The van der Waals surface area contributed by atoms with E-state index in [9.17, 15) is 4.79 Å². The zero-order chi connectivity index (χ0) is 10.1. The number of hydrogen-bond acceptors (Lipinski definition) is 3. The van der Waals surface area contributed by atoms with E-state index in [4.69, 9.17) is 4.42 Å². The second-order valence-corrected chi connectivity index (χ2v) is 3.25. The number of rotatable bonds is 2. The van der Waals surface area contributed by atoms with E-state index in [1.165, 1.54) is 13.3 Å². The third-order valence-corrected chi connectivity index (χ3v) is 2.28. The molecular formula is C11H11NO2. The van der Waals surface area contributed by atoms with E-state index in [1.54, 1.807) is 0 Å². The summed E-state index contributed by atoms with van der Waals surface area (Å²) in [5, 5.41) is 0. The molecule has 0 aliphatic carbocycles. The molecule has 0 aliphatic rings. The average molecular weight is 189 g/mol. The highest BCUT2D eigenvalue weighted by Crippen LogP contribution is 2.20. The maximum atomic E-state index is 11.3. The molecule has 1 aromatic carbocycles. The fourth-order valence-electron chi connectivity index (χ4n) is 1.49. The number of Topliss-reactive ketones (excluding diaryl/α,β-unsaturated/α-hetero) is 1. The number of benzene rings is 1. The van der Waals surface area contributed by atoms with Crippen LogP contribution in [0, 0.1) is 0 Å². The van der Waals surface area contributed by atoms with Gasteiger partial charge in [0.2, 0.25) is 0 Å². The zero-order valence-electron chi connectivity index (χ0n) is 8.20. The minimum absolute atomic E-state index is 0.0158. The maximum Gasteiger partial charge on any atom is 0.182 e. The van der Waals surface area contributed by atoms with Gasteiger partial charge in [-0.15, -0.1) is 0 Å². The van der Waals surface area contributed by atoms with Crippen LogP contribution < -0.4 is 0 Å². The van der Waals surface area contributed by atoms with Crippen molar-refractivity contribution < 1.29 is 9.21 Å². The van der Waals surface area contributed by atoms with Crippen molar-refractivity contribution in [2.45, 2.75) is 20.3 Å². The first-order valence-corrected chi connectivity index (χ1v) is 4.59. The molecule has 2 aromatic rings. The van der Waals surface area contributed by atoms with Crippen molar-refractivity contribution >= 4 is 16.9 Å². The molecule has 0 saturated heterocycles. The molecule has 0 atom stereocenters. The summed E-state index contributed by atoms with van der Waals surface area (Å²) < 4.78 is 5.18. The van der Waals surface area contributed by atoms with E-state index in [2.05, 4.69) is 4.98 Å². The fraction of sp³-hybridized carbons (Fsp3) is 0.273. The summed E-state index contributed by atoms with van der Waals surface area (Å²) in [7, 11) is 0. The number of carbonyl (C=O) groups excluding carboxylic acids is 1. The van der Waals surface area contributed by atoms with Gasteiger partial charge < -0.3 is 4.42 Å². The summed E-state index contributed by atoms with van der Waals surface area (Å²) in [4.78, 5) is 15.4. The summed E-state index contributed by atoms with van der Waals surface area (Å²) in [6, 6.07) is 3.82. The van der Waals surface area contributed by atoms with Crippen LogP contribution in [0.3, 0.4) is 0 Å². The molecule has 0 N–H and O–H groups in total. The molecule has 0 fully saturated rings. The molecule has 3 heteroatoms. The predicted octanol–water partition coefficient (Wildman–Crippen LogP) is 2.59. The lowest BCUT2D eigenvalue weighted by atomic mass is 10.0. The Morgan fingerprint density at radius 2 is 2.29 bits per heavy atom. The molecule has 0 saturated carbocycles. The van der Waals surface area contributed by atoms with Crippen LogP contribution in [0.15, 0.2) is 22.9 Å². The van der Waals surface area contributed by atoms with Gasteiger partial charge in [-0.3, -0.25) is 4.79 Å². The van der Waals surface area contributed by atoms with E-state index in [-0.39, 0.29) is 5.78 Å². The molecule has 1 heterocycles. The van der Waals surface area contributed by atoms with Crippen LogP contribution in [0.4, 0.5) is 0 Å². The smallest absolute Gasteiger partial charge is 0.182 e. The van der Waals surface area contributed by atoms with E-state index in [0.717, 1.165) is 17.5 Å². The summed E-state index contributed by atoms with van der Waals surface area (Å²) in [5.74, 6) is 0.0158. The monoisotopic (exact) mass is 189 g/mol. The predicted molar refractivity (Wildman–Crippen MR) is 53.4 cm³/mol. The minimum Gasteiger partial charge on any atom is -0.443 e. The Morgan fingerprint density at radius 3 is 2.93 bits per heavy atom. The van der Waals surface area contributed by atoms with Crippen molar-refractivity contribution in [1.82, 2.24) is 4.98 Å². The molecule has 1 aromatic heterocycles. The van der Waals surface area contributed by atoms with Crippen LogP contribution in [-0.4, -0.2) is 10.8 Å². The molecular weight excluding hydrogens is 178 g/mol. The molecule has 0 bridgehead atoms. The van der Waals surface area contributed by atoms with Gasteiger partial charge in [0, 0.05) is 0 Å². The van der Waals surface area contributed by atoms with Crippen molar-refractivity contribution in [3.05, 3.63) is 29.7 Å². The fourth-order valence-corrected chi connectivity index (χ4v) is 1.49. The van der Waals surface area contributed by atoms with E-state index < -0.39 is 0 Å². The Labute approximate surface area is 81.7 Å². The Hall–Kier alpha value is -1.64. The van der Waals surface area contributed by atoms with E-state index in [0.29, 0.717) is 11.1 Å². The third-order valence-electron chi connectivity index (χ3n) is 2.28. The normalized spacial score (nSPS) is 10.7. The van der Waals surface area contributed by atoms with Gasteiger partial charge >= 0.3 is 0 Å². The van der Waals surface area contributed by atoms with Gasteiger partial charge in [0.15, 0.2) is 17.8 Å². The van der Waals surface area contributed by atoms with Crippen LogP contribution in [0.2, 0.25) is 0 Å². The average Bonchev–Trinajstić information content (AvgIpc) is 2.63. The van der Waals surface area contributed by atoms with Crippen LogP contribution in [0.5, 0.6) is 0 Å². The number of carbonyl (C=O) groups is 1. The lowest BCUT2D eigenvalue weighted by Crippen LogP contribution is -1.94. The largest absolute Gasteiger partial charge is 0.443 e. The number of hydrogen-bond donors (Lipinski definition) is 0. The Morgan fingerprint density at radius 1 is 1.50 bits per heavy atom. The van der Waals surface area contributed by atoms with Crippen LogP contribution in [0.1, 0.15) is 29.8 Å². The van der Waals surface area contributed by atoms with Gasteiger partial charge in [-0.05, 0) is 31.0 Å². The Kier molecular flexibility index (Phi) is 2.08. The molecule has 72 valence electrons. The van der Waals surface area contributed by atoms with Gasteiger partial charge in [0.05, 0.1) is 5.56 Å². The van der Waals surface area contributed by atoms with Gasteiger partial charge in [0.25, 0.3) is 0 Å². The van der Waals surface area contributed by atoms with Crippen molar-refractivity contribution in [3.63, 3.8) is 0 Å². The number of ketones is 1. The first-order valence-electron chi connectivity index (χ1n) is 4.59. The third kappa shape index (κ3) is 1.31. The van der Waals surface area contributed by atoms with Crippen LogP contribution in [-0.2, 0) is 6.42 Å². The number of aryl methyl sites for hydroxylation is 1. The Balaban J connectivity index is 2.76. The number of fused-ring (bicyclic) bond motifs is 1. The molecule has 3 nitrogen and oxygen atoms in total. The molecule has 0 spiro atoms. The standard InChI is InChI=1S/C11H11NO2/c1-3-8-4-9(7(2)13)11-10(5-8)12-6-14-11/h4-6H,3H2,1-2H3. The highest BCUT2D eigenvalue weighted by atomic mass is 16.3. The van der Waals surface area contributed by atoms with Crippen molar-refractivity contribution in [3.8, 4) is 0 Å². The second-order valence-electron chi connectivity index (χ2n) is 3.25. The molecule has 0 unspecified atom stereocenters. The molecule has 14 heavy (non-hydrogen) atoms. The van der Waals surface area contributed by atoms with E-state index in [1.807, 2.05) is 19.1 Å². The molecule has 0 radical (unpaired) electrons. The van der Waals surface area contributed by atoms with Gasteiger partial charge in [-0.1, -0.05) is 6.92 Å². The summed E-state index contributed by atoms with van der Waals surface area (Å²) in [5.41, 5.74) is 3.08. The topological polar surface area (TPSA) is 43.1 Å². The second kappa shape index (κ2) is 3.25. The number of oxazole rings is 1. The maximum absolute atomic E-state index is 11.3. The quantitative estimate of drug-likeness (QED) is 0.682. The van der Waals surface area contributed by atoms with Gasteiger partial charge in [-0.2, -0.15) is 0 Å². The lowest BCUT2D eigenvalue weighted by molar-refractivity contribution is 0.101. The number of aromatic nitrogens is 1. The van der Waals surface area contributed by atoms with Crippen molar-refractivity contribution in [2.75, 3.05) is 0 Å². The molecule has 0 amide bonds. The first-order chi connectivity index (χ1) is 6.72. The van der Waals surface area contributed by atoms with Gasteiger partial charge in [0.1, 0.15) is 5.52 Å².